The van der Waals surface area contributed by atoms with E-state index < -0.39 is 0 Å². The van der Waals surface area contributed by atoms with Crippen molar-refractivity contribution in [1.29, 1.82) is 0 Å². The first-order valence-corrected chi connectivity index (χ1v) is 6.95. The molecule has 2 rings (SSSR count). The van der Waals surface area contributed by atoms with Crippen LogP contribution in [-0.2, 0) is 5.41 Å². The third-order valence-electron chi connectivity index (χ3n) is 3.55. The van der Waals surface area contributed by atoms with Crippen molar-refractivity contribution >= 4 is 0 Å². The number of benzene rings is 2. The molecule has 2 heteroatoms. The van der Waals surface area contributed by atoms with Gasteiger partial charge in [-0.15, -0.1) is 0 Å². The second kappa shape index (κ2) is 5.76. The van der Waals surface area contributed by atoms with E-state index in [1.165, 1.54) is 17.2 Å². The van der Waals surface area contributed by atoms with Crippen LogP contribution in [0.5, 0.6) is 0 Å². The molecule has 1 atom stereocenters. The minimum absolute atomic E-state index is 0.00104. The second-order valence-electron chi connectivity index (χ2n) is 6.11. The Bertz CT molecular complexity index is 584. The first-order chi connectivity index (χ1) is 9.43. The fraction of sp³-hybridized carbons (Fsp3) is 0.333. The topological polar surface area (TPSA) is 12.0 Å². The number of rotatable bonds is 3. The Morgan fingerprint density at radius 3 is 2.30 bits per heavy atom. The zero-order valence-corrected chi connectivity index (χ0v) is 12.6. The minimum atomic E-state index is -0.198. The van der Waals surface area contributed by atoms with Crippen LogP contribution < -0.4 is 5.32 Å². The predicted octanol–water partition coefficient (Wildman–Crippen LogP) is 4.43. The van der Waals surface area contributed by atoms with Crippen LogP contribution >= 0.6 is 0 Å². The Kier molecular flexibility index (Phi) is 4.24. The van der Waals surface area contributed by atoms with Gasteiger partial charge in [0.25, 0.3) is 0 Å². The molecule has 106 valence electrons. The SMILES string of the molecule is CNC(c1cccc(F)c1)c1ccccc1C(C)(C)C. The van der Waals surface area contributed by atoms with Crippen molar-refractivity contribution < 1.29 is 4.39 Å². The van der Waals surface area contributed by atoms with Crippen LogP contribution in [0, 0.1) is 5.82 Å². The van der Waals surface area contributed by atoms with Crippen LogP contribution in [0.2, 0.25) is 0 Å². The maximum Gasteiger partial charge on any atom is 0.123 e. The lowest BCUT2D eigenvalue weighted by molar-refractivity contribution is 0.565. The first kappa shape index (κ1) is 14.7. The molecule has 2 aromatic carbocycles. The average Bonchev–Trinajstić information content (AvgIpc) is 2.39. The molecule has 0 saturated heterocycles. The molecule has 20 heavy (non-hydrogen) atoms. The zero-order chi connectivity index (χ0) is 14.8. The Morgan fingerprint density at radius 2 is 1.70 bits per heavy atom. The zero-order valence-electron chi connectivity index (χ0n) is 12.6. The second-order valence-corrected chi connectivity index (χ2v) is 6.11. The quantitative estimate of drug-likeness (QED) is 0.870. The van der Waals surface area contributed by atoms with Crippen molar-refractivity contribution in [3.63, 3.8) is 0 Å². The van der Waals surface area contributed by atoms with Crippen LogP contribution in [0.3, 0.4) is 0 Å². The van der Waals surface area contributed by atoms with Crippen LogP contribution in [0.25, 0.3) is 0 Å². The minimum Gasteiger partial charge on any atom is -0.309 e. The molecule has 0 aliphatic carbocycles. The molecule has 0 radical (unpaired) electrons. The summed E-state index contributed by atoms with van der Waals surface area (Å²) in [5.41, 5.74) is 3.49. The Morgan fingerprint density at radius 1 is 1.00 bits per heavy atom. The maximum atomic E-state index is 13.5. The van der Waals surface area contributed by atoms with Gasteiger partial charge in [-0.2, -0.15) is 0 Å². The highest BCUT2D eigenvalue weighted by atomic mass is 19.1. The van der Waals surface area contributed by atoms with Gasteiger partial charge in [0, 0.05) is 0 Å². The normalized spacial score (nSPS) is 13.2. The fourth-order valence-corrected chi connectivity index (χ4v) is 2.62. The van der Waals surface area contributed by atoms with Gasteiger partial charge in [0.1, 0.15) is 5.82 Å². The summed E-state index contributed by atoms with van der Waals surface area (Å²) < 4.78 is 13.5. The number of halogens is 1. The van der Waals surface area contributed by atoms with Gasteiger partial charge in [-0.1, -0.05) is 57.2 Å². The Balaban J connectivity index is 2.53. The molecule has 0 aliphatic heterocycles. The van der Waals surface area contributed by atoms with Crippen LogP contribution in [0.4, 0.5) is 4.39 Å². The molecule has 1 nitrogen and oxygen atoms in total. The molecule has 1 N–H and O–H groups in total. The van der Waals surface area contributed by atoms with Crippen LogP contribution in [-0.4, -0.2) is 7.05 Å². The number of hydrogen-bond donors (Lipinski definition) is 1. The summed E-state index contributed by atoms with van der Waals surface area (Å²) in [6.07, 6.45) is 0. The molecule has 0 aliphatic rings. The lowest BCUT2D eigenvalue weighted by atomic mass is 9.80. The molecular formula is C18H22FN. The largest absolute Gasteiger partial charge is 0.309 e. The van der Waals surface area contributed by atoms with Crippen molar-refractivity contribution in [1.82, 2.24) is 5.32 Å². The van der Waals surface area contributed by atoms with E-state index in [0.717, 1.165) is 5.56 Å². The van der Waals surface area contributed by atoms with Crippen LogP contribution in [0.1, 0.15) is 43.5 Å². The average molecular weight is 271 g/mol. The van der Waals surface area contributed by atoms with Gasteiger partial charge in [-0.25, -0.2) is 4.39 Å². The monoisotopic (exact) mass is 271 g/mol. The van der Waals surface area contributed by atoms with E-state index in [2.05, 4.69) is 44.3 Å². The summed E-state index contributed by atoms with van der Waals surface area (Å²) in [7, 11) is 1.91. The standard InChI is InChI=1S/C18H22FN/c1-18(2,3)16-11-6-5-10-15(16)17(20-4)13-8-7-9-14(19)12-13/h5-12,17,20H,1-4H3. The lowest BCUT2D eigenvalue weighted by Gasteiger charge is -2.27. The highest BCUT2D eigenvalue weighted by Crippen LogP contribution is 2.32. The summed E-state index contributed by atoms with van der Waals surface area (Å²) in [5, 5.41) is 3.31. The van der Waals surface area contributed by atoms with E-state index in [-0.39, 0.29) is 17.3 Å². The predicted molar refractivity (Wildman–Crippen MR) is 82.4 cm³/mol. The Hall–Kier alpha value is -1.67. The van der Waals surface area contributed by atoms with E-state index in [9.17, 15) is 4.39 Å². The molecule has 0 bridgehead atoms. The van der Waals surface area contributed by atoms with E-state index in [0.29, 0.717) is 0 Å². The number of hydrogen-bond acceptors (Lipinski definition) is 1. The van der Waals surface area contributed by atoms with Gasteiger partial charge < -0.3 is 5.32 Å². The molecule has 0 spiro atoms. The van der Waals surface area contributed by atoms with Crippen molar-refractivity contribution in [2.45, 2.75) is 32.2 Å². The van der Waals surface area contributed by atoms with Crippen molar-refractivity contribution in [2.24, 2.45) is 0 Å². The summed E-state index contributed by atoms with van der Waals surface area (Å²) in [6, 6.07) is 15.2. The smallest absolute Gasteiger partial charge is 0.123 e. The van der Waals surface area contributed by atoms with E-state index in [1.807, 2.05) is 19.2 Å². The third kappa shape index (κ3) is 3.07. The number of nitrogens with one attached hydrogen (secondary N) is 1. The van der Waals surface area contributed by atoms with Crippen molar-refractivity contribution in [3.05, 3.63) is 71.0 Å². The van der Waals surface area contributed by atoms with E-state index in [1.54, 1.807) is 12.1 Å². The molecule has 0 saturated carbocycles. The third-order valence-corrected chi connectivity index (χ3v) is 3.55. The summed E-state index contributed by atoms with van der Waals surface area (Å²) in [4.78, 5) is 0. The van der Waals surface area contributed by atoms with Crippen molar-refractivity contribution in [3.8, 4) is 0 Å². The van der Waals surface area contributed by atoms with Gasteiger partial charge in [-0.05, 0) is 41.3 Å². The molecule has 2 aromatic rings. The maximum absolute atomic E-state index is 13.5. The van der Waals surface area contributed by atoms with Crippen molar-refractivity contribution in [2.75, 3.05) is 7.05 Å². The Labute approximate surface area is 120 Å². The van der Waals surface area contributed by atoms with Gasteiger partial charge in [0.15, 0.2) is 0 Å². The van der Waals surface area contributed by atoms with Gasteiger partial charge in [0.05, 0.1) is 6.04 Å². The summed E-state index contributed by atoms with van der Waals surface area (Å²) >= 11 is 0. The van der Waals surface area contributed by atoms with Crippen LogP contribution in [0.15, 0.2) is 48.5 Å². The molecule has 0 amide bonds. The molecular weight excluding hydrogens is 249 g/mol. The molecule has 0 aromatic heterocycles. The van der Waals surface area contributed by atoms with Gasteiger partial charge in [0.2, 0.25) is 0 Å². The highest BCUT2D eigenvalue weighted by molar-refractivity contribution is 5.40. The summed E-state index contributed by atoms with van der Waals surface area (Å²) in [5.74, 6) is -0.198. The van der Waals surface area contributed by atoms with Gasteiger partial charge >= 0.3 is 0 Å². The van der Waals surface area contributed by atoms with E-state index >= 15 is 0 Å². The van der Waals surface area contributed by atoms with Gasteiger partial charge in [-0.3, -0.25) is 0 Å². The fourth-order valence-electron chi connectivity index (χ4n) is 2.62. The summed E-state index contributed by atoms with van der Waals surface area (Å²) in [6.45, 7) is 6.60. The molecule has 1 unspecified atom stereocenters. The van der Waals surface area contributed by atoms with E-state index in [4.69, 9.17) is 0 Å². The highest BCUT2D eigenvalue weighted by Gasteiger charge is 2.22. The lowest BCUT2D eigenvalue weighted by Crippen LogP contribution is -2.23. The first-order valence-electron chi connectivity index (χ1n) is 6.95. The molecule has 0 fully saturated rings. The molecule has 0 heterocycles.